The minimum atomic E-state index is 1.23. The molecule has 8 aromatic carbocycles. The predicted molar refractivity (Wildman–Crippen MR) is 181 cm³/mol. The lowest BCUT2D eigenvalue weighted by Crippen LogP contribution is -1.88. The molecular weight excluding hydrogens is 504 g/mol. The Morgan fingerprint density at radius 1 is 0.214 bits per heavy atom. The van der Waals surface area contributed by atoms with Gasteiger partial charge in [-0.2, -0.15) is 0 Å². The van der Waals surface area contributed by atoms with E-state index in [1.54, 1.807) is 0 Å². The van der Waals surface area contributed by atoms with E-state index in [1.165, 1.54) is 76.8 Å². The van der Waals surface area contributed by atoms with E-state index in [-0.39, 0.29) is 0 Å². The third kappa shape index (κ3) is 4.17. The van der Waals surface area contributed by atoms with Crippen molar-refractivity contribution in [2.75, 3.05) is 0 Å². The van der Waals surface area contributed by atoms with Crippen LogP contribution in [-0.2, 0) is 0 Å². The molecule has 196 valence electrons. The first kappa shape index (κ1) is 24.3. The second-order valence-corrected chi connectivity index (χ2v) is 10.9. The van der Waals surface area contributed by atoms with Gasteiger partial charge in [-0.1, -0.05) is 164 Å². The van der Waals surface area contributed by atoms with Crippen molar-refractivity contribution in [3.05, 3.63) is 170 Å². The van der Waals surface area contributed by atoms with E-state index < -0.39 is 0 Å². The first-order valence-corrected chi connectivity index (χ1v) is 14.5. The van der Waals surface area contributed by atoms with Crippen LogP contribution in [0.1, 0.15) is 0 Å². The van der Waals surface area contributed by atoms with Crippen LogP contribution >= 0.6 is 0 Å². The maximum Gasteiger partial charge on any atom is -0.00992 e. The summed E-state index contributed by atoms with van der Waals surface area (Å²) in [6, 6.07) is 61.7. The summed E-state index contributed by atoms with van der Waals surface area (Å²) in [6.45, 7) is 0. The van der Waals surface area contributed by atoms with Gasteiger partial charge in [0.1, 0.15) is 0 Å². The average molecular weight is 533 g/mol. The van der Waals surface area contributed by atoms with Gasteiger partial charge in [-0.05, 0) is 82.9 Å². The fourth-order valence-electron chi connectivity index (χ4n) is 6.41. The highest BCUT2D eigenvalue weighted by Gasteiger charge is 2.12. The quantitative estimate of drug-likeness (QED) is 0.211. The highest BCUT2D eigenvalue weighted by molar-refractivity contribution is 6.07. The van der Waals surface area contributed by atoms with E-state index in [1.807, 2.05) is 0 Å². The van der Waals surface area contributed by atoms with Crippen LogP contribution in [0.15, 0.2) is 170 Å². The Morgan fingerprint density at radius 2 is 0.571 bits per heavy atom. The zero-order valence-electron chi connectivity index (χ0n) is 23.2. The van der Waals surface area contributed by atoms with E-state index in [4.69, 9.17) is 0 Å². The van der Waals surface area contributed by atoms with Gasteiger partial charge in [0.15, 0.2) is 0 Å². The van der Waals surface area contributed by atoms with E-state index >= 15 is 0 Å². The van der Waals surface area contributed by atoms with Gasteiger partial charge in [-0.15, -0.1) is 0 Å². The Hall–Kier alpha value is -5.46. The van der Waals surface area contributed by atoms with Gasteiger partial charge in [0.05, 0.1) is 0 Å². The van der Waals surface area contributed by atoms with Crippen LogP contribution in [0.3, 0.4) is 0 Å². The minimum absolute atomic E-state index is 1.23. The Balaban J connectivity index is 1.20. The smallest absolute Gasteiger partial charge is 0.00992 e. The molecule has 0 aliphatic rings. The highest BCUT2D eigenvalue weighted by atomic mass is 14.2. The predicted octanol–water partition coefficient (Wildman–Crippen LogP) is 11.8. The van der Waals surface area contributed by atoms with Gasteiger partial charge in [0, 0.05) is 0 Å². The molecule has 0 aliphatic heterocycles. The van der Waals surface area contributed by atoms with Gasteiger partial charge in [-0.25, -0.2) is 0 Å². The molecular formula is C42H28. The molecule has 0 N–H and O–H groups in total. The molecule has 0 heteroatoms. The van der Waals surface area contributed by atoms with Crippen LogP contribution in [0.25, 0.3) is 76.8 Å². The van der Waals surface area contributed by atoms with Crippen LogP contribution in [0, 0.1) is 0 Å². The van der Waals surface area contributed by atoms with Crippen molar-refractivity contribution in [3.8, 4) is 44.5 Å². The molecule has 0 saturated heterocycles. The number of fused-ring (bicyclic) bond motifs is 3. The molecule has 0 radical (unpaired) electrons. The molecule has 0 bridgehead atoms. The monoisotopic (exact) mass is 532 g/mol. The van der Waals surface area contributed by atoms with Crippen LogP contribution in [-0.4, -0.2) is 0 Å². The summed E-state index contributed by atoms with van der Waals surface area (Å²) >= 11 is 0. The van der Waals surface area contributed by atoms with Gasteiger partial charge in [0.2, 0.25) is 0 Å². The number of rotatable bonds is 4. The SMILES string of the molecule is c1ccc(-c2ccc(-c3ccc(-c4ccc(-c5ccc6ccccc6c5)c5ccccc45)cc3)c3ccccc23)cc1. The maximum atomic E-state index is 2.30. The standard InChI is InChI=1S/C42H28/c1-2-11-30(12-3-1)35-24-25-36(40-15-7-6-14-39(35)40)31-19-21-32(22-20-31)37-26-27-38(42-17-9-8-16-41(37)42)34-23-18-29-10-4-5-13-33(29)28-34/h1-28H. The summed E-state index contributed by atoms with van der Waals surface area (Å²) < 4.78 is 0. The Bertz CT molecular complexity index is 2220. The fraction of sp³-hybridized carbons (Fsp3) is 0. The molecule has 0 nitrogen and oxygen atoms in total. The summed E-state index contributed by atoms with van der Waals surface area (Å²) in [6.07, 6.45) is 0. The molecule has 0 aromatic heterocycles. The molecule has 8 rings (SSSR count). The number of hydrogen-bond acceptors (Lipinski definition) is 0. The minimum Gasteiger partial charge on any atom is -0.0622 e. The third-order valence-electron chi connectivity index (χ3n) is 8.50. The Kier molecular flexibility index (Phi) is 5.90. The van der Waals surface area contributed by atoms with Crippen LogP contribution in [0.4, 0.5) is 0 Å². The lowest BCUT2D eigenvalue weighted by Gasteiger charge is -2.14. The van der Waals surface area contributed by atoms with Gasteiger partial charge < -0.3 is 0 Å². The van der Waals surface area contributed by atoms with Crippen molar-refractivity contribution in [2.24, 2.45) is 0 Å². The lowest BCUT2D eigenvalue weighted by molar-refractivity contribution is 1.61. The van der Waals surface area contributed by atoms with E-state index in [0.717, 1.165) is 0 Å². The van der Waals surface area contributed by atoms with Crippen molar-refractivity contribution in [3.63, 3.8) is 0 Å². The second kappa shape index (κ2) is 10.2. The van der Waals surface area contributed by atoms with E-state index in [2.05, 4.69) is 170 Å². The molecule has 0 unspecified atom stereocenters. The van der Waals surface area contributed by atoms with Crippen molar-refractivity contribution in [1.82, 2.24) is 0 Å². The zero-order valence-corrected chi connectivity index (χ0v) is 23.2. The van der Waals surface area contributed by atoms with Crippen molar-refractivity contribution >= 4 is 32.3 Å². The maximum absolute atomic E-state index is 2.30. The second-order valence-electron chi connectivity index (χ2n) is 10.9. The summed E-state index contributed by atoms with van der Waals surface area (Å²) in [5.41, 5.74) is 10.00. The molecule has 0 atom stereocenters. The molecule has 0 heterocycles. The molecule has 8 aromatic rings. The third-order valence-corrected chi connectivity index (χ3v) is 8.50. The first-order chi connectivity index (χ1) is 20.8. The van der Waals surface area contributed by atoms with Crippen LogP contribution in [0.5, 0.6) is 0 Å². The normalized spacial score (nSPS) is 11.3. The number of hydrogen-bond donors (Lipinski definition) is 0. The van der Waals surface area contributed by atoms with E-state index in [0.29, 0.717) is 0 Å². The zero-order chi connectivity index (χ0) is 27.9. The molecule has 0 aliphatic carbocycles. The highest BCUT2D eigenvalue weighted by Crippen LogP contribution is 2.39. The Morgan fingerprint density at radius 3 is 1.07 bits per heavy atom. The summed E-state index contributed by atoms with van der Waals surface area (Å²) in [4.78, 5) is 0. The van der Waals surface area contributed by atoms with Gasteiger partial charge >= 0.3 is 0 Å². The van der Waals surface area contributed by atoms with Gasteiger partial charge in [0.25, 0.3) is 0 Å². The van der Waals surface area contributed by atoms with Crippen LogP contribution < -0.4 is 0 Å². The largest absolute Gasteiger partial charge is 0.0622 e. The topological polar surface area (TPSA) is 0 Å². The molecule has 42 heavy (non-hydrogen) atoms. The summed E-state index contributed by atoms with van der Waals surface area (Å²) in [5.74, 6) is 0. The first-order valence-electron chi connectivity index (χ1n) is 14.5. The van der Waals surface area contributed by atoms with Crippen molar-refractivity contribution in [1.29, 1.82) is 0 Å². The molecule has 0 fully saturated rings. The molecule has 0 spiro atoms. The fourth-order valence-corrected chi connectivity index (χ4v) is 6.41. The van der Waals surface area contributed by atoms with Gasteiger partial charge in [-0.3, -0.25) is 0 Å². The number of benzene rings is 8. The molecule has 0 amide bonds. The summed E-state index contributed by atoms with van der Waals surface area (Å²) in [5, 5.41) is 7.63. The van der Waals surface area contributed by atoms with Crippen molar-refractivity contribution in [2.45, 2.75) is 0 Å². The summed E-state index contributed by atoms with van der Waals surface area (Å²) in [7, 11) is 0. The molecule has 0 saturated carbocycles. The van der Waals surface area contributed by atoms with Crippen molar-refractivity contribution < 1.29 is 0 Å². The van der Waals surface area contributed by atoms with Crippen LogP contribution in [0.2, 0.25) is 0 Å². The lowest BCUT2D eigenvalue weighted by atomic mass is 9.89. The average Bonchev–Trinajstić information content (AvgIpc) is 3.07. The Labute approximate surface area is 246 Å². The van der Waals surface area contributed by atoms with E-state index in [9.17, 15) is 0 Å².